The Morgan fingerprint density at radius 1 is 1.18 bits per heavy atom. The molecule has 1 saturated heterocycles. The number of nitrogens with zero attached hydrogens (tertiary/aromatic N) is 1. The van der Waals surface area contributed by atoms with Gasteiger partial charge in [0.25, 0.3) is 0 Å². The number of allylic oxidation sites excluding steroid dienone is 1. The van der Waals surface area contributed by atoms with Crippen LogP contribution in [0.2, 0.25) is 0 Å². The van der Waals surface area contributed by atoms with Crippen LogP contribution in [-0.4, -0.2) is 18.0 Å². The van der Waals surface area contributed by atoms with E-state index in [0.717, 1.165) is 0 Å². The van der Waals surface area contributed by atoms with Gasteiger partial charge >= 0.3 is 0 Å². The van der Waals surface area contributed by atoms with Crippen LogP contribution in [0, 0.1) is 0 Å². The second kappa shape index (κ2) is 5.22. The average Bonchev–Trinajstić information content (AvgIpc) is 2.07. The Morgan fingerprint density at radius 2 is 1.91 bits per heavy atom. The molecule has 0 unspecified atom stereocenters. The molecule has 0 amide bonds. The summed E-state index contributed by atoms with van der Waals surface area (Å²) in [5.41, 5.74) is 0. The van der Waals surface area contributed by atoms with E-state index in [1.54, 1.807) is 0 Å². The molecule has 0 bridgehead atoms. The number of likely N-dealkylation sites (tertiary alicyclic amines) is 1. The lowest BCUT2D eigenvalue weighted by Crippen LogP contribution is -2.23. The molecule has 0 spiro atoms. The molecule has 0 aromatic rings. The lowest BCUT2D eigenvalue weighted by molar-refractivity contribution is 0.308. The molecule has 0 aliphatic carbocycles. The molecule has 11 heavy (non-hydrogen) atoms. The molecule has 0 saturated carbocycles. The van der Waals surface area contributed by atoms with Crippen molar-refractivity contribution >= 4 is 0 Å². The summed E-state index contributed by atoms with van der Waals surface area (Å²) in [5, 5.41) is 0. The van der Waals surface area contributed by atoms with Crippen molar-refractivity contribution in [2.45, 2.75) is 39.0 Å². The number of unbranched alkanes of at least 4 members (excludes halogenated alkanes) is 1. The normalized spacial score (nSPS) is 19.5. The van der Waals surface area contributed by atoms with Crippen LogP contribution in [0.5, 0.6) is 0 Å². The van der Waals surface area contributed by atoms with Gasteiger partial charge in [-0.1, -0.05) is 19.4 Å². The number of piperidine rings is 1. The zero-order chi connectivity index (χ0) is 7.94. The summed E-state index contributed by atoms with van der Waals surface area (Å²) in [7, 11) is 0. The van der Waals surface area contributed by atoms with Crippen molar-refractivity contribution in [1.82, 2.24) is 4.90 Å². The van der Waals surface area contributed by atoms with E-state index in [-0.39, 0.29) is 0 Å². The maximum absolute atomic E-state index is 2.44. The highest BCUT2D eigenvalue weighted by Gasteiger charge is 2.03. The fourth-order valence-corrected chi connectivity index (χ4v) is 1.46. The second-order valence-electron chi connectivity index (χ2n) is 3.27. The summed E-state index contributed by atoms with van der Waals surface area (Å²) in [6, 6.07) is 0. The maximum Gasteiger partial charge on any atom is 0.0172 e. The third-order valence-corrected chi connectivity index (χ3v) is 2.16. The first-order chi connectivity index (χ1) is 5.43. The second-order valence-corrected chi connectivity index (χ2v) is 3.27. The molecule has 1 aliphatic rings. The fraction of sp³-hybridized carbons (Fsp3) is 0.800. The van der Waals surface area contributed by atoms with Gasteiger partial charge < -0.3 is 4.90 Å². The number of hydrogen-bond donors (Lipinski definition) is 0. The van der Waals surface area contributed by atoms with E-state index < -0.39 is 0 Å². The molecule has 1 aliphatic heterocycles. The first-order valence-corrected chi connectivity index (χ1v) is 4.84. The topological polar surface area (TPSA) is 3.24 Å². The standard InChI is InChI=1S/C10H19N/c1-2-3-5-8-11-9-6-4-7-10-11/h5,8H,2-4,6-7,9-10H2,1H3/b8-5-. The van der Waals surface area contributed by atoms with Crippen LogP contribution in [0.1, 0.15) is 39.0 Å². The van der Waals surface area contributed by atoms with Gasteiger partial charge in [0.05, 0.1) is 0 Å². The molecule has 0 aromatic carbocycles. The van der Waals surface area contributed by atoms with Crippen LogP contribution in [0.25, 0.3) is 0 Å². The molecular weight excluding hydrogens is 134 g/mol. The quantitative estimate of drug-likeness (QED) is 0.602. The predicted molar refractivity (Wildman–Crippen MR) is 49.5 cm³/mol. The Labute approximate surface area is 70.1 Å². The van der Waals surface area contributed by atoms with Crippen LogP contribution in [0.15, 0.2) is 12.3 Å². The minimum absolute atomic E-state index is 1.23. The molecule has 1 heterocycles. The van der Waals surface area contributed by atoms with Gasteiger partial charge in [0.1, 0.15) is 0 Å². The van der Waals surface area contributed by atoms with E-state index in [4.69, 9.17) is 0 Å². The van der Waals surface area contributed by atoms with Crippen molar-refractivity contribution in [3.05, 3.63) is 12.3 Å². The van der Waals surface area contributed by atoms with Crippen LogP contribution in [-0.2, 0) is 0 Å². The third-order valence-electron chi connectivity index (χ3n) is 2.16. The number of rotatable bonds is 3. The van der Waals surface area contributed by atoms with E-state index >= 15 is 0 Å². The van der Waals surface area contributed by atoms with E-state index in [1.165, 1.54) is 45.2 Å². The molecule has 1 heteroatoms. The highest BCUT2D eigenvalue weighted by molar-refractivity contribution is 4.83. The van der Waals surface area contributed by atoms with Gasteiger partial charge in [-0.2, -0.15) is 0 Å². The minimum Gasteiger partial charge on any atom is -0.378 e. The van der Waals surface area contributed by atoms with Gasteiger partial charge in [-0.15, -0.1) is 0 Å². The lowest BCUT2D eigenvalue weighted by Gasteiger charge is -2.24. The summed E-state index contributed by atoms with van der Waals surface area (Å²) in [6.45, 7) is 4.78. The van der Waals surface area contributed by atoms with Gasteiger partial charge in [-0.3, -0.25) is 0 Å². The van der Waals surface area contributed by atoms with E-state index in [9.17, 15) is 0 Å². The van der Waals surface area contributed by atoms with Crippen LogP contribution < -0.4 is 0 Å². The average molecular weight is 153 g/mol. The molecule has 1 rings (SSSR count). The Balaban J connectivity index is 2.13. The van der Waals surface area contributed by atoms with Gasteiger partial charge in [0.2, 0.25) is 0 Å². The van der Waals surface area contributed by atoms with Crippen LogP contribution >= 0.6 is 0 Å². The van der Waals surface area contributed by atoms with Gasteiger partial charge in [-0.05, 0) is 31.9 Å². The summed E-state index contributed by atoms with van der Waals surface area (Å²) in [6.07, 6.45) is 11.3. The Bertz CT molecular complexity index is 112. The fourth-order valence-electron chi connectivity index (χ4n) is 1.46. The SMILES string of the molecule is CCC/C=C\N1CCCCC1. The van der Waals surface area contributed by atoms with Crippen molar-refractivity contribution < 1.29 is 0 Å². The summed E-state index contributed by atoms with van der Waals surface area (Å²) >= 11 is 0. The molecule has 1 fully saturated rings. The minimum atomic E-state index is 1.23. The van der Waals surface area contributed by atoms with Crippen molar-refractivity contribution in [2.24, 2.45) is 0 Å². The third kappa shape index (κ3) is 3.45. The summed E-state index contributed by atoms with van der Waals surface area (Å²) in [5.74, 6) is 0. The van der Waals surface area contributed by atoms with Crippen LogP contribution in [0.3, 0.4) is 0 Å². The number of hydrogen-bond acceptors (Lipinski definition) is 1. The Kier molecular flexibility index (Phi) is 4.10. The molecule has 0 atom stereocenters. The molecule has 0 aromatic heterocycles. The first-order valence-electron chi connectivity index (χ1n) is 4.84. The largest absolute Gasteiger partial charge is 0.378 e. The predicted octanol–water partition coefficient (Wildman–Crippen LogP) is 2.79. The highest BCUT2D eigenvalue weighted by atomic mass is 15.1. The van der Waals surface area contributed by atoms with E-state index in [0.29, 0.717) is 0 Å². The van der Waals surface area contributed by atoms with Crippen molar-refractivity contribution in [2.75, 3.05) is 13.1 Å². The van der Waals surface area contributed by atoms with Gasteiger partial charge in [0, 0.05) is 13.1 Å². The monoisotopic (exact) mass is 153 g/mol. The molecule has 0 N–H and O–H groups in total. The van der Waals surface area contributed by atoms with Crippen molar-refractivity contribution in [3.63, 3.8) is 0 Å². The summed E-state index contributed by atoms with van der Waals surface area (Å²) in [4.78, 5) is 2.44. The smallest absolute Gasteiger partial charge is 0.0172 e. The molecule has 64 valence electrons. The van der Waals surface area contributed by atoms with E-state index in [2.05, 4.69) is 24.1 Å². The molecule has 0 radical (unpaired) electrons. The van der Waals surface area contributed by atoms with Gasteiger partial charge in [-0.25, -0.2) is 0 Å². The first kappa shape index (κ1) is 8.63. The van der Waals surface area contributed by atoms with Crippen molar-refractivity contribution in [3.8, 4) is 0 Å². The zero-order valence-corrected chi connectivity index (χ0v) is 7.55. The van der Waals surface area contributed by atoms with E-state index in [1.807, 2.05) is 0 Å². The van der Waals surface area contributed by atoms with Crippen LogP contribution in [0.4, 0.5) is 0 Å². The Morgan fingerprint density at radius 3 is 2.55 bits per heavy atom. The highest BCUT2D eigenvalue weighted by Crippen LogP contribution is 2.08. The van der Waals surface area contributed by atoms with Crippen molar-refractivity contribution in [1.29, 1.82) is 0 Å². The summed E-state index contributed by atoms with van der Waals surface area (Å²) < 4.78 is 0. The molecular formula is C10H19N. The Hall–Kier alpha value is -0.460. The maximum atomic E-state index is 2.44. The molecule has 1 nitrogen and oxygen atoms in total. The lowest BCUT2D eigenvalue weighted by atomic mass is 10.1. The zero-order valence-electron chi connectivity index (χ0n) is 7.55. The van der Waals surface area contributed by atoms with Gasteiger partial charge in [0.15, 0.2) is 0 Å².